The number of hydrogen-bond acceptors (Lipinski definition) is 5. The second-order valence-corrected chi connectivity index (χ2v) is 6.81. The van der Waals surface area contributed by atoms with Crippen molar-refractivity contribution in [1.82, 2.24) is 14.9 Å². The zero-order chi connectivity index (χ0) is 15.5. The molecule has 1 aromatic heterocycles. The Bertz CT molecular complexity index is 467. The third kappa shape index (κ3) is 4.84. The van der Waals surface area contributed by atoms with Crippen molar-refractivity contribution in [3.63, 3.8) is 0 Å². The molecule has 0 amide bonds. The summed E-state index contributed by atoms with van der Waals surface area (Å²) < 4.78 is 5.67. The van der Waals surface area contributed by atoms with Crippen LogP contribution in [-0.4, -0.2) is 47.7 Å². The van der Waals surface area contributed by atoms with Crippen molar-refractivity contribution in [1.29, 1.82) is 0 Å². The molecule has 1 N–H and O–H groups in total. The molecule has 2 heterocycles. The molecule has 21 heavy (non-hydrogen) atoms. The monoisotopic (exact) mass is 292 g/mol. The van der Waals surface area contributed by atoms with Gasteiger partial charge in [0.15, 0.2) is 0 Å². The van der Waals surface area contributed by atoms with Gasteiger partial charge in [-0.15, -0.1) is 0 Å². The Morgan fingerprint density at radius 1 is 1.33 bits per heavy atom. The number of likely N-dealkylation sites (tertiary alicyclic amines) is 1. The van der Waals surface area contributed by atoms with E-state index in [0.29, 0.717) is 17.2 Å². The molecular weight excluding hydrogens is 264 g/mol. The molecule has 118 valence electrons. The summed E-state index contributed by atoms with van der Waals surface area (Å²) in [4.78, 5) is 11.3. The van der Waals surface area contributed by atoms with E-state index < -0.39 is 0 Å². The minimum Gasteiger partial charge on any atom is -0.475 e. The zero-order valence-electron chi connectivity index (χ0n) is 13.9. The summed E-state index contributed by atoms with van der Waals surface area (Å²) in [7, 11) is 2.19. The maximum atomic E-state index is 5.67. The first-order valence-electron chi connectivity index (χ1n) is 7.81. The van der Waals surface area contributed by atoms with E-state index in [1.807, 2.05) is 26.8 Å². The molecule has 0 atom stereocenters. The van der Waals surface area contributed by atoms with E-state index in [-0.39, 0.29) is 6.10 Å². The quantitative estimate of drug-likeness (QED) is 0.904. The number of rotatable bonds is 5. The summed E-state index contributed by atoms with van der Waals surface area (Å²) in [6.07, 6.45) is 2.54. The minimum atomic E-state index is 0.124. The SMILES string of the molecule is Cc1cc(OC(C)C)nc(NCC2(C)CCN(C)CC2)n1. The molecule has 1 aromatic rings. The highest BCUT2D eigenvalue weighted by atomic mass is 16.5. The van der Waals surface area contributed by atoms with Crippen LogP contribution in [0.4, 0.5) is 5.95 Å². The largest absolute Gasteiger partial charge is 0.475 e. The van der Waals surface area contributed by atoms with Gasteiger partial charge in [-0.2, -0.15) is 4.98 Å². The Morgan fingerprint density at radius 2 is 2.00 bits per heavy atom. The van der Waals surface area contributed by atoms with Gasteiger partial charge in [-0.1, -0.05) is 6.92 Å². The van der Waals surface area contributed by atoms with Crippen molar-refractivity contribution in [2.45, 2.75) is 46.6 Å². The van der Waals surface area contributed by atoms with Gasteiger partial charge in [0.2, 0.25) is 11.8 Å². The lowest BCUT2D eigenvalue weighted by Crippen LogP contribution is -2.40. The first-order valence-corrected chi connectivity index (χ1v) is 7.81. The number of nitrogens with zero attached hydrogens (tertiary/aromatic N) is 3. The van der Waals surface area contributed by atoms with Crippen molar-refractivity contribution in [3.05, 3.63) is 11.8 Å². The number of anilines is 1. The number of piperidine rings is 1. The molecule has 1 saturated heterocycles. The second kappa shape index (κ2) is 6.60. The molecule has 0 aromatic carbocycles. The number of hydrogen-bond donors (Lipinski definition) is 1. The van der Waals surface area contributed by atoms with E-state index in [0.717, 1.165) is 25.3 Å². The molecule has 0 unspecified atom stereocenters. The third-order valence-electron chi connectivity index (χ3n) is 4.05. The highest BCUT2D eigenvalue weighted by Crippen LogP contribution is 2.30. The predicted molar refractivity (Wildman–Crippen MR) is 85.9 cm³/mol. The molecule has 0 bridgehead atoms. The van der Waals surface area contributed by atoms with Crippen molar-refractivity contribution in [2.75, 3.05) is 32.0 Å². The maximum Gasteiger partial charge on any atom is 0.226 e. The Hall–Kier alpha value is -1.36. The maximum absolute atomic E-state index is 5.67. The molecule has 1 aliphatic heterocycles. The Kier molecular flexibility index (Phi) is 5.04. The van der Waals surface area contributed by atoms with E-state index in [4.69, 9.17) is 4.74 Å². The summed E-state index contributed by atoms with van der Waals surface area (Å²) in [5.74, 6) is 1.32. The van der Waals surface area contributed by atoms with Gasteiger partial charge in [0.25, 0.3) is 0 Å². The van der Waals surface area contributed by atoms with Gasteiger partial charge < -0.3 is 15.0 Å². The first-order chi connectivity index (χ1) is 9.86. The molecule has 5 nitrogen and oxygen atoms in total. The van der Waals surface area contributed by atoms with Crippen LogP contribution in [0.15, 0.2) is 6.07 Å². The predicted octanol–water partition coefficient (Wildman–Crippen LogP) is 2.72. The Balaban J connectivity index is 1.97. The molecule has 2 rings (SSSR count). The van der Waals surface area contributed by atoms with Crippen molar-refractivity contribution in [3.8, 4) is 5.88 Å². The van der Waals surface area contributed by atoms with Crippen LogP contribution in [-0.2, 0) is 0 Å². The molecule has 1 aliphatic rings. The number of aryl methyl sites for hydroxylation is 1. The van der Waals surface area contributed by atoms with Crippen LogP contribution in [0.25, 0.3) is 0 Å². The Labute approximate surface area is 128 Å². The first kappa shape index (κ1) is 16.0. The fourth-order valence-corrected chi connectivity index (χ4v) is 2.55. The highest BCUT2D eigenvalue weighted by Gasteiger charge is 2.28. The lowest BCUT2D eigenvalue weighted by Gasteiger charge is -2.37. The van der Waals surface area contributed by atoms with E-state index in [2.05, 4.69) is 34.2 Å². The number of ether oxygens (including phenoxy) is 1. The van der Waals surface area contributed by atoms with Crippen molar-refractivity contribution >= 4 is 5.95 Å². The van der Waals surface area contributed by atoms with Crippen molar-refractivity contribution in [2.24, 2.45) is 5.41 Å². The van der Waals surface area contributed by atoms with E-state index in [1.54, 1.807) is 0 Å². The summed E-state index contributed by atoms with van der Waals surface area (Å²) in [6.45, 7) is 11.6. The van der Waals surface area contributed by atoms with Gasteiger partial charge in [0.05, 0.1) is 6.10 Å². The van der Waals surface area contributed by atoms with Crippen LogP contribution >= 0.6 is 0 Å². The molecular formula is C16H28N4O. The molecule has 1 fully saturated rings. The standard InChI is InChI=1S/C16H28N4O/c1-12(2)21-14-10-13(3)18-15(19-14)17-11-16(4)6-8-20(5)9-7-16/h10,12H,6-9,11H2,1-5H3,(H,17,18,19). The topological polar surface area (TPSA) is 50.3 Å². The number of nitrogens with one attached hydrogen (secondary N) is 1. The van der Waals surface area contributed by atoms with E-state index >= 15 is 0 Å². The zero-order valence-corrected chi connectivity index (χ0v) is 13.9. The van der Waals surface area contributed by atoms with Crippen molar-refractivity contribution < 1.29 is 4.74 Å². The number of aromatic nitrogens is 2. The normalized spacial score (nSPS) is 18.8. The van der Waals surface area contributed by atoms with Gasteiger partial charge in [-0.3, -0.25) is 0 Å². The van der Waals surface area contributed by atoms with E-state index in [9.17, 15) is 0 Å². The van der Waals surface area contributed by atoms with Gasteiger partial charge >= 0.3 is 0 Å². The van der Waals surface area contributed by atoms with Gasteiger partial charge in [0.1, 0.15) is 0 Å². The minimum absolute atomic E-state index is 0.124. The van der Waals surface area contributed by atoms with E-state index in [1.165, 1.54) is 12.8 Å². The van der Waals surface area contributed by atoms with Crippen LogP contribution in [0.5, 0.6) is 5.88 Å². The summed E-state index contributed by atoms with van der Waals surface area (Å²) in [6, 6.07) is 1.88. The molecule has 0 aliphatic carbocycles. The Morgan fingerprint density at radius 3 is 2.62 bits per heavy atom. The lowest BCUT2D eigenvalue weighted by molar-refractivity contribution is 0.150. The van der Waals surface area contributed by atoms with Crippen LogP contribution in [0.3, 0.4) is 0 Å². The summed E-state index contributed by atoms with van der Waals surface area (Å²) in [5.41, 5.74) is 1.25. The van der Waals surface area contributed by atoms with Crippen LogP contribution in [0, 0.1) is 12.3 Å². The molecule has 0 radical (unpaired) electrons. The van der Waals surface area contributed by atoms with Gasteiger partial charge in [0, 0.05) is 18.3 Å². The lowest BCUT2D eigenvalue weighted by atomic mass is 9.80. The highest BCUT2D eigenvalue weighted by molar-refractivity contribution is 5.31. The summed E-state index contributed by atoms with van der Waals surface area (Å²) in [5, 5.41) is 3.40. The fourth-order valence-electron chi connectivity index (χ4n) is 2.55. The fraction of sp³-hybridized carbons (Fsp3) is 0.750. The average molecular weight is 292 g/mol. The van der Waals surface area contributed by atoms with Gasteiger partial charge in [-0.05, 0) is 59.2 Å². The molecule has 5 heteroatoms. The van der Waals surface area contributed by atoms with Gasteiger partial charge in [-0.25, -0.2) is 4.98 Å². The van der Waals surface area contributed by atoms with Crippen LogP contribution in [0.1, 0.15) is 39.3 Å². The van der Waals surface area contributed by atoms with Crippen LogP contribution < -0.4 is 10.1 Å². The average Bonchev–Trinajstić information content (AvgIpc) is 2.39. The molecule has 0 saturated carbocycles. The smallest absolute Gasteiger partial charge is 0.226 e. The second-order valence-electron chi connectivity index (χ2n) is 6.81. The van der Waals surface area contributed by atoms with Crippen LogP contribution in [0.2, 0.25) is 0 Å². The summed E-state index contributed by atoms with van der Waals surface area (Å²) >= 11 is 0. The third-order valence-corrected chi connectivity index (χ3v) is 4.05. The molecule has 0 spiro atoms.